The van der Waals surface area contributed by atoms with Crippen molar-refractivity contribution in [2.24, 2.45) is 5.73 Å². The first-order valence-corrected chi connectivity index (χ1v) is 6.79. The van der Waals surface area contributed by atoms with Gasteiger partial charge in [-0.3, -0.25) is 5.41 Å². The summed E-state index contributed by atoms with van der Waals surface area (Å²) in [5.74, 6) is 0.0464. The highest BCUT2D eigenvalue weighted by molar-refractivity contribution is 5.90. The van der Waals surface area contributed by atoms with Crippen LogP contribution in [0.4, 0.5) is 4.79 Å². The Balaban J connectivity index is 2.71. The Hall–Kier alpha value is -1.26. The van der Waals surface area contributed by atoms with Crippen molar-refractivity contribution in [1.82, 2.24) is 5.32 Å². The lowest BCUT2D eigenvalue weighted by molar-refractivity contribution is 0.106. The molecule has 1 fully saturated rings. The Kier molecular flexibility index (Phi) is 5.44. The summed E-state index contributed by atoms with van der Waals surface area (Å²) in [7, 11) is 0. The number of amides is 1. The van der Waals surface area contributed by atoms with Crippen molar-refractivity contribution in [3.8, 4) is 0 Å². The van der Waals surface area contributed by atoms with E-state index in [2.05, 4.69) is 5.32 Å². The van der Waals surface area contributed by atoms with Gasteiger partial charge in [0.05, 0.1) is 11.6 Å². The van der Waals surface area contributed by atoms with E-state index in [4.69, 9.17) is 15.9 Å². The fourth-order valence-electron chi connectivity index (χ4n) is 2.41. The molecule has 0 unspecified atom stereocenters. The minimum absolute atomic E-state index is 0.0464. The molecule has 5 heteroatoms. The maximum Gasteiger partial charge on any atom is 0.408 e. The van der Waals surface area contributed by atoms with Crippen molar-refractivity contribution in [2.45, 2.75) is 70.4 Å². The summed E-state index contributed by atoms with van der Waals surface area (Å²) in [6.07, 6.45) is 6.30. The van der Waals surface area contributed by atoms with Gasteiger partial charge in [-0.05, 0) is 26.7 Å². The van der Waals surface area contributed by atoms with E-state index >= 15 is 0 Å². The SMILES string of the molecule is CC(C)OC(=O)NC1(C(=N)N)CCCCCCC1. The Morgan fingerprint density at radius 1 is 1.22 bits per heavy atom. The van der Waals surface area contributed by atoms with Gasteiger partial charge >= 0.3 is 6.09 Å². The molecule has 0 atom stereocenters. The van der Waals surface area contributed by atoms with Gasteiger partial charge in [-0.2, -0.15) is 0 Å². The van der Waals surface area contributed by atoms with Crippen LogP contribution >= 0.6 is 0 Å². The maximum absolute atomic E-state index is 11.7. The number of hydrogen-bond acceptors (Lipinski definition) is 3. The molecule has 1 amide bonds. The lowest BCUT2D eigenvalue weighted by Gasteiger charge is -2.35. The summed E-state index contributed by atoms with van der Waals surface area (Å²) in [5.41, 5.74) is 5.01. The zero-order valence-electron chi connectivity index (χ0n) is 11.4. The van der Waals surface area contributed by atoms with E-state index in [1.807, 2.05) is 0 Å². The number of carbonyl (C=O) groups is 1. The van der Waals surface area contributed by atoms with Crippen molar-refractivity contribution in [3.05, 3.63) is 0 Å². The van der Waals surface area contributed by atoms with Crippen molar-refractivity contribution in [3.63, 3.8) is 0 Å². The van der Waals surface area contributed by atoms with E-state index in [-0.39, 0.29) is 11.9 Å². The van der Waals surface area contributed by atoms with Crippen LogP contribution in [-0.4, -0.2) is 23.6 Å². The second kappa shape index (κ2) is 6.61. The molecule has 0 aromatic carbocycles. The van der Waals surface area contributed by atoms with Crippen LogP contribution in [0.1, 0.15) is 58.8 Å². The summed E-state index contributed by atoms with van der Waals surface area (Å²) in [5, 5.41) is 10.6. The predicted octanol–water partition coefficient (Wildman–Crippen LogP) is 2.54. The lowest BCUT2D eigenvalue weighted by Crippen LogP contribution is -2.57. The molecule has 18 heavy (non-hydrogen) atoms. The van der Waals surface area contributed by atoms with Crippen LogP contribution in [0.15, 0.2) is 0 Å². The van der Waals surface area contributed by atoms with Crippen LogP contribution in [0.2, 0.25) is 0 Å². The number of carbonyl (C=O) groups excluding carboxylic acids is 1. The molecule has 0 aromatic heterocycles. The van der Waals surface area contributed by atoms with E-state index in [0.29, 0.717) is 0 Å². The predicted molar refractivity (Wildman–Crippen MR) is 71.7 cm³/mol. The molecule has 1 aliphatic rings. The van der Waals surface area contributed by atoms with Crippen molar-refractivity contribution in [1.29, 1.82) is 5.41 Å². The Morgan fingerprint density at radius 2 is 1.72 bits per heavy atom. The summed E-state index contributed by atoms with van der Waals surface area (Å²) >= 11 is 0. The minimum atomic E-state index is -0.702. The highest BCUT2D eigenvalue weighted by Crippen LogP contribution is 2.26. The fraction of sp³-hybridized carbons (Fsp3) is 0.846. The molecule has 1 rings (SSSR count). The number of hydrogen-bond donors (Lipinski definition) is 3. The van der Waals surface area contributed by atoms with Gasteiger partial charge in [-0.25, -0.2) is 4.79 Å². The molecule has 1 aliphatic carbocycles. The number of rotatable bonds is 3. The quantitative estimate of drug-likeness (QED) is 0.535. The van der Waals surface area contributed by atoms with E-state index < -0.39 is 11.6 Å². The lowest BCUT2D eigenvalue weighted by atomic mass is 9.83. The van der Waals surface area contributed by atoms with Crippen LogP contribution in [-0.2, 0) is 4.74 Å². The Labute approximate surface area is 109 Å². The molecule has 1 saturated carbocycles. The normalized spacial score (nSPS) is 19.7. The third kappa shape index (κ3) is 4.20. The summed E-state index contributed by atoms with van der Waals surface area (Å²) in [6.45, 7) is 3.61. The summed E-state index contributed by atoms with van der Waals surface area (Å²) in [6, 6.07) is 0. The molecule has 4 N–H and O–H groups in total. The molecule has 0 aliphatic heterocycles. The van der Waals surface area contributed by atoms with Crippen LogP contribution in [0.5, 0.6) is 0 Å². The number of ether oxygens (including phenoxy) is 1. The number of alkyl carbamates (subject to hydrolysis) is 1. The first-order valence-electron chi connectivity index (χ1n) is 6.79. The third-order valence-corrected chi connectivity index (χ3v) is 3.41. The largest absolute Gasteiger partial charge is 0.447 e. The maximum atomic E-state index is 11.7. The van der Waals surface area contributed by atoms with Gasteiger partial charge < -0.3 is 15.8 Å². The number of nitrogens with one attached hydrogen (secondary N) is 2. The monoisotopic (exact) mass is 255 g/mol. The van der Waals surface area contributed by atoms with Crippen LogP contribution in [0.25, 0.3) is 0 Å². The smallest absolute Gasteiger partial charge is 0.408 e. The zero-order valence-corrected chi connectivity index (χ0v) is 11.4. The molecule has 0 saturated heterocycles. The first kappa shape index (κ1) is 14.8. The van der Waals surface area contributed by atoms with Crippen LogP contribution in [0.3, 0.4) is 0 Å². The zero-order chi connectivity index (χ0) is 13.6. The topological polar surface area (TPSA) is 88.2 Å². The first-order chi connectivity index (χ1) is 8.46. The Morgan fingerprint density at radius 3 is 2.17 bits per heavy atom. The Bertz CT molecular complexity index is 295. The molecule has 0 radical (unpaired) electrons. The summed E-state index contributed by atoms with van der Waals surface area (Å²) < 4.78 is 5.10. The second-order valence-electron chi connectivity index (χ2n) is 5.34. The second-order valence-corrected chi connectivity index (χ2v) is 5.34. The molecular weight excluding hydrogens is 230 g/mol. The van der Waals surface area contributed by atoms with Gasteiger partial charge in [0.2, 0.25) is 0 Å². The van der Waals surface area contributed by atoms with Gasteiger partial charge in [-0.15, -0.1) is 0 Å². The van der Waals surface area contributed by atoms with Gasteiger partial charge in [0.1, 0.15) is 5.84 Å². The molecule has 0 heterocycles. The van der Waals surface area contributed by atoms with Gasteiger partial charge in [0, 0.05) is 0 Å². The standard InChI is InChI=1S/C13H25N3O2/c1-10(2)18-12(17)16-13(11(14)15)8-6-4-3-5-7-9-13/h10H,3-9H2,1-2H3,(H3,14,15)(H,16,17). The van der Waals surface area contributed by atoms with Crippen LogP contribution in [0, 0.1) is 5.41 Å². The van der Waals surface area contributed by atoms with Crippen molar-refractivity contribution < 1.29 is 9.53 Å². The van der Waals surface area contributed by atoms with Gasteiger partial charge in [0.15, 0.2) is 0 Å². The van der Waals surface area contributed by atoms with Crippen molar-refractivity contribution in [2.75, 3.05) is 0 Å². The average molecular weight is 255 g/mol. The summed E-state index contributed by atoms with van der Waals surface area (Å²) in [4.78, 5) is 11.7. The van der Waals surface area contributed by atoms with E-state index in [0.717, 1.165) is 38.5 Å². The molecular formula is C13H25N3O2. The van der Waals surface area contributed by atoms with Gasteiger partial charge in [0.25, 0.3) is 0 Å². The van der Waals surface area contributed by atoms with Gasteiger partial charge in [-0.1, -0.05) is 32.1 Å². The van der Waals surface area contributed by atoms with E-state index in [1.54, 1.807) is 13.8 Å². The van der Waals surface area contributed by atoms with Crippen molar-refractivity contribution >= 4 is 11.9 Å². The number of amidine groups is 1. The highest BCUT2D eigenvalue weighted by atomic mass is 16.6. The molecule has 0 spiro atoms. The molecule has 104 valence electrons. The van der Waals surface area contributed by atoms with Crippen LogP contribution < -0.4 is 11.1 Å². The average Bonchev–Trinajstić information content (AvgIpc) is 2.20. The third-order valence-electron chi connectivity index (χ3n) is 3.41. The molecule has 0 bridgehead atoms. The van der Waals surface area contributed by atoms with E-state index in [1.165, 1.54) is 6.42 Å². The molecule has 5 nitrogen and oxygen atoms in total. The number of nitrogens with two attached hydrogens (primary N) is 1. The van der Waals surface area contributed by atoms with E-state index in [9.17, 15) is 4.79 Å². The highest BCUT2D eigenvalue weighted by Gasteiger charge is 2.35. The molecule has 0 aromatic rings. The minimum Gasteiger partial charge on any atom is -0.447 e. The fourth-order valence-corrected chi connectivity index (χ4v) is 2.41.